The topological polar surface area (TPSA) is 132 Å². The summed E-state index contributed by atoms with van der Waals surface area (Å²) in [5.74, 6) is 1.35. The van der Waals surface area contributed by atoms with Gasteiger partial charge in [-0.3, -0.25) is 0 Å². The summed E-state index contributed by atoms with van der Waals surface area (Å²) in [5.41, 5.74) is 9.38. The van der Waals surface area contributed by atoms with Gasteiger partial charge in [-0.15, -0.1) is 0 Å². The van der Waals surface area contributed by atoms with Gasteiger partial charge < -0.3 is 35.3 Å². The quantitative estimate of drug-likeness (QED) is 0.265. The van der Waals surface area contributed by atoms with Crippen molar-refractivity contribution in [1.29, 1.82) is 0 Å². The van der Waals surface area contributed by atoms with E-state index in [2.05, 4.69) is 44.7 Å². The molecule has 4 N–H and O–H groups in total. The molecule has 1 unspecified atom stereocenters. The van der Waals surface area contributed by atoms with E-state index in [4.69, 9.17) is 26.8 Å². The van der Waals surface area contributed by atoms with Gasteiger partial charge in [-0.1, -0.05) is 38.4 Å². The lowest BCUT2D eigenvalue weighted by molar-refractivity contribution is 0.0360. The Morgan fingerprint density at radius 1 is 1.15 bits per heavy atom. The van der Waals surface area contributed by atoms with Crippen LogP contribution >= 0.6 is 18.7 Å². The van der Waals surface area contributed by atoms with Gasteiger partial charge in [-0.25, -0.2) is 9.78 Å². The zero-order chi connectivity index (χ0) is 30.1. The first-order valence-corrected chi connectivity index (χ1v) is 16.2. The van der Waals surface area contributed by atoms with E-state index >= 15 is 0 Å². The number of benzene rings is 2. The van der Waals surface area contributed by atoms with Crippen LogP contribution in [0.25, 0.3) is 0 Å². The molecule has 10 nitrogen and oxygen atoms in total. The number of nitrogens with zero attached hydrogens (tertiary/aromatic N) is 3. The average molecular weight is 601 g/mol. The Morgan fingerprint density at radius 2 is 1.88 bits per heavy atom. The molecule has 3 aromatic rings. The molecule has 0 saturated carbocycles. The van der Waals surface area contributed by atoms with Crippen LogP contribution in [0, 0.1) is 5.41 Å². The van der Waals surface area contributed by atoms with Crippen molar-refractivity contribution < 1.29 is 18.8 Å². The Hall–Kier alpha value is -3.33. The molecular formula is C29H38ClN6O4P. The van der Waals surface area contributed by atoms with E-state index in [0.717, 1.165) is 25.2 Å². The molecule has 2 aromatic carbocycles. The second kappa shape index (κ2) is 11.9. The van der Waals surface area contributed by atoms with Gasteiger partial charge in [0.25, 0.3) is 0 Å². The molecule has 0 fully saturated rings. The maximum Gasteiger partial charge on any atom is 0.405 e. The first-order valence-electron chi connectivity index (χ1n) is 13.3. The first kappa shape index (κ1) is 30.6. The van der Waals surface area contributed by atoms with Gasteiger partial charge in [0.1, 0.15) is 24.0 Å². The van der Waals surface area contributed by atoms with Crippen LogP contribution in [0.2, 0.25) is 5.02 Å². The molecule has 1 aliphatic rings. The van der Waals surface area contributed by atoms with E-state index in [-0.39, 0.29) is 5.02 Å². The van der Waals surface area contributed by atoms with Crippen molar-refractivity contribution in [3.05, 3.63) is 58.2 Å². The molecule has 0 aliphatic carbocycles. The highest BCUT2D eigenvalue weighted by atomic mass is 35.5. The highest BCUT2D eigenvalue weighted by molar-refractivity contribution is 7.70. The molecule has 220 valence electrons. The Balaban J connectivity index is 1.68. The van der Waals surface area contributed by atoms with Crippen LogP contribution in [0.4, 0.5) is 27.9 Å². The number of carbonyl (C=O) groups is 1. The SMILES string of the molecule is COc1cc2c(cc1Nc1ncc(Cl)c(Nc3ccc(C(OC(N)=O)C(C)(C)C)cc3P(C)(C)=O)n1)CN(C)CC2. The van der Waals surface area contributed by atoms with Crippen LogP contribution in [0.1, 0.15) is 43.6 Å². The highest BCUT2D eigenvalue weighted by Crippen LogP contribution is 2.43. The number of rotatable bonds is 8. The number of fused-ring (bicyclic) bond motifs is 1. The number of primary amides is 1. The summed E-state index contributed by atoms with van der Waals surface area (Å²) in [7, 11) is 0.921. The molecule has 1 aliphatic heterocycles. The number of nitrogens with one attached hydrogen (secondary N) is 2. The summed E-state index contributed by atoms with van der Waals surface area (Å²) in [6.07, 6.45) is 0.947. The molecule has 12 heteroatoms. The molecule has 0 bridgehead atoms. The van der Waals surface area contributed by atoms with Crippen molar-refractivity contribution in [2.45, 2.75) is 39.8 Å². The van der Waals surface area contributed by atoms with Gasteiger partial charge >= 0.3 is 6.09 Å². The normalized spacial score (nSPS) is 14.6. The zero-order valence-electron chi connectivity index (χ0n) is 24.5. The third-order valence-electron chi connectivity index (χ3n) is 6.89. The maximum atomic E-state index is 13.4. The fraction of sp³-hybridized carbons (Fsp3) is 0.414. The second-order valence-electron chi connectivity index (χ2n) is 11.8. The van der Waals surface area contributed by atoms with Crippen molar-refractivity contribution in [3.63, 3.8) is 0 Å². The average Bonchev–Trinajstić information content (AvgIpc) is 2.87. The maximum absolute atomic E-state index is 13.4. The summed E-state index contributed by atoms with van der Waals surface area (Å²) in [6.45, 7) is 11.0. The monoisotopic (exact) mass is 600 g/mol. The largest absolute Gasteiger partial charge is 0.495 e. The number of aromatic nitrogens is 2. The third kappa shape index (κ3) is 7.31. The zero-order valence-corrected chi connectivity index (χ0v) is 26.2. The lowest BCUT2D eigenvalue weighted by Gasteiger charge is -2.31. The molecule has 4 rings (SSSR count). The Morgan fingerprint density at radius 3 is 2.51 bits per heavy atom. The lowest BCUT2D eigenvalue weighted by Crippen LogP contribution is -2.27. The number of ether oxygens (including phenoxy) is 2. The van der Waals surface area contributed by atoms with Crippen LogP contribution in [0.3, 0.4) is 0 Å². The third-order valence-corrected chi connectivity index (χ3v) is 8.70. The van der Waals surface area contributed by atoms with Crippen LogP contribution in [0.5, 0.6) is 5.75 Å². The lowest BCUT2D eigenvalue weighted by atomic mass is 9.84. The Kier molecular flexibility index (Phi) is 8.87. The first-order chi connectivity index (χ1) is 19.2. The summed E-state index contributed by atoms with van der Waals surface area (Å²) in [5, 5.41) is 7.35. The number of nitrogens with two attached hydrogens (primary N) is 1. The van der Waals surface area contributed by atoms with E-state index in [1.54, 1.807) is 32.6 Å². The summed E-state index contributed by atoms with van der Waals surface area (Å²) < 4.78 is 24.5. The molecule has 0 saturated heterocycles. The van der Waals surface area contributed by atoms with Crippen molar-refractivity contribution in [3.8, 4) is 5.75 Å². The highest BCUT2D eigenvalue weighted by Gasteiger charge is 2.31. The number of carbonyl (C=O) groups excluding carboxylic acids is 1. The standard InChI is InChI=1S/C29H38ClN6O4P/c1-29(2,3)25(40-27(31)37)18-8-9-21(24(14-18)41(6,7)38)33-26-20(30)15-32-28(35-26)34-22-12-19-16-36(4)11-10-17(19)13-23(22)39-5/h8-9,12-15,25H,10-11,16H2,1-7H3,(H2,31,37)(H2,32,33,34,35). The number of amides is 1. The molecule has 0 spiro atoms. The number of anilines is 4. The molecule has 1 aromatic heterocycles. The summed E-state index contributed by atoms with van der Waals surface area (Å²) >= 11 is 6.50. The van der Waals surface area contributed by atoms with Gasteiger partial charge in [-0.2, -0.15) is 4.98 Å². The molecule has 0 radical (unpaired) electrons. The van der Waals surface area contributed by atoms with Gasteiger partial charge in [0.05, 0.1) is 24.7 Å². The number of likely N-dealkylation sites (N-methyl/N-ethyl adjacent to an activating group) is 1. The van der Waals surface area contributed by atoms with Gasteiger partial charge in [-0.05, 0) is 67.8 Å². The minimum Gasteiger partial charge on any atom is -0.495 e. The molecule has 1 atom stereocenters. The number of methoxy groups -OCH3 is 1. The van der Waals surface area contributed by atoms with Crippen molar-refractivity contribution >= 4 is 53.3 Å². The number of hydrogen-bond acceptors (Lipinski definition) is 9. The van der Waals surface area contributed by atoms with Crippen LogP contribution in [0.15, 0.2) is 36.5 Å². The second-order valence-corrected chi connectivity index (χ2v) is 15.4. The molecule has 1 amide bonds. The summed E-state index contributed by atoms with van der Waals surface area (Å²) in [4.78, 5) is 22.9. The van der Waals surface area contributed by atoms with Crippen LogP contribution in [-0.2, 0) is 22.3 Å². The predicted molar refractivity (Wildman–Crippen MR) is 165 cm³/mol. The van der Waals surface area contributed by atoms with E-state index in [0.29, 0.717) is 34.1 Å². The van der Waals surface area contributed by atoms with Crippen molar-refractivity contribution in [2.24, 2.45) is 11.1 Å². The van der Waals surface area contributed by atoms with Gasteiger partial charge in [0.2, 0.25) is 5.95 Å². The van der Waals surface area contributed by atoms with Crippen LogP contribution in [-0.4, -0.2) is 55.0 Å². The molecule has 41 heavy (non-hydrogen) atoms. The Labute approximate surface area is 246 Å². The fourth-order valence-corrected chi connectivity index (χ4v) is 6.19. The van der Waals surface area contributed by atoms with Crippen molar-refractivity contribution in [2.75, 3.05) is 44.7 Å². The minimum absolute atomic E-state index is 0.288. The molecular weight excluding hydrogens is 563 g/mol. The van der Waals surface area contributed by atoms with E-state index in [1.807, 2.05) is 26.8 Å². The van der Waals surface area contributed by atoms with E-state index in [9.17, 15) is 9.36 Å². The summed E-state index contributed by atoms with van der Waals surface area (Å²) in [6, 6.07) is 9.49. The minimum atomic E-state index is -2.81. The number of halogens is 1. The van der Waals surface area contributed by atoms with E-state index in [1.165, 1.54) is 17.3 Å². The van der Waals surface area contributed by atoms with Crippen LogP contribution < -0.4 is 26.4 Å². The van der Waals surface area contributed by atoms with Crippen molar-refractivity contribution in [1.82, 2.24) is 14.9 Å². The fourth-order valence-electron chi connectivity index (χ4n) is 4.88. The smallest absolute Gasteiger partial charge is 0.405 e. The Bertz CT molecular complexity index is 1500. The van der Waals surface area contributed by atoms with Gasteiger partial charge in [0.15, 0.2) is 5.82 Å². The predicted octanol–water partition coefficient (Wildman–Crippen LogP) is 6.04. The molecule has 2 heterocycles. The van der Waals surface area contributed by atoms with Gasteiger partial charge in [0, 0.05) is 23.8 Å². The van der Waals surface area contributed by atoms with E-state index < -0.39 is 24.8 Å². The number of hydrogen-bond donors (Lipinski definition) is 3.